The highest BCUT2D eigenvalue weighted by Crippen LogP contribution is 2.32. The molecule has 2 heterocycles. The maximum atomic E-state index is 12.8. The maximum Gasteiger partial charge on any atom is 0.241 e. The smallest absolute Gasteiger partial charge is 0.241 e. The summed E-state index contributed by atoms with van der Waals surface area (Å²) in [5.74, 6) is 0.311. The highest BCUT2D eigenvalue weighted by atomic mass is 32.2. The minimum Gasteiger partial charge on any atom is -0.486 e. The zero-order chi connectivity index (χ0) is 19.4. The summed E-state index contributed by atoms with van der Waals surface area (Å²) in [7, 11) is -3.90. The normalized spacial score (nSPS) is 20.5. The van der Waals surface area contributed by atoms with Crippen molar-refractivity contribution in [2.75, 3.05) is 26.4 Å². The molecule has 9 heteroatoms. The lowest BCUT2D eigenvalue weighted by Gasteiger charge is -2.23. The van der Waals surface area contributed by atoms with Crippen molar-refractivity contribution in [3.05, 3.63) is 18.2 Å². The van der Waals surface area contributed by atoms with Crippen molar-refractivity contribution in [3.63, 3.8) is 0 Å². The van der Waals surface area contributed by atoms with Crippen LogP contribution in [0, 0.1) is 5.92 Å². The largest absolute Gasteiger partial charge is 0.486 e. The van der Waals surface area contributed by atoms with Gasteiger partial charge in [-0.05, 0) is 30.9 Å². The van der Waals surface area contributed by atoms with E-state index in [9.17, 15) is 13.2 Å². The third-order valence-electron chi connectivity index (χ3n) is 4.58. The molecule has 1 fully saturated rings. The average Bonchev–Trinajstić information content (AvgIpc) is 3.17. The second-order valence-corrected chi connectivity index (χ2v) is 8.74. The number of nitrogens with one attached hydrogen (secondary N) is 2. The number of carbonyl (C=O) groups excluding carboxylic acids is 1. The van der Waals surface area contributed by atoms with Crippen LogP contribution < -0.4 is 19.5 Å². The molecular weight excluding hydrogens is 372 g/mol. The van der Waals surface area contributed by atoms with Gasteiger partial charge in [-0.2, -0.15) is 4.72 Å². The van der Waals surface area contributed by atoms with Gasteiger partial charge >= 0.3 is 0 Å². The number of rotatable bonds is 7. The first-order valence-corrected chi connectivity index (χ1v) is 10.7. The fraction of sp³-hybridized carbons (Fsp3) is 0.611. The van der Waals surface area contributed by atoms with Gasteiger partial charge in [0.1, 0.15) is 19.3 Å². The van der Waals surface area contributed by atoms with E-state index in [4.69, 9.17) is 14.2 Å². The van der Waals surface area contributed by atoms with Crippen LogP contribution in [0.5, 0.6) is 11.5 Å². The van der Waals surface area contributed by atoms with Crippen LogP contribution in [0.2, 0.25) is 0 Å². The van der Waals surface area contributed by atoms with Gasteiger partial charge < -0.3 is 19.5 Å². The Morgan fingerprint density at radius 3 is 2.59 bits per heavy atom. The van der Waals surface area contributed by atoms with Gasteiger partial charge in [0.25, 0.3) is 0 Å². The Kier molecular flexibility index (Phi) is 6.23. The molecule has 2 aliphatic rings. The van der Waals surface area contributed by atoms with E-state index in [1.807, 2.05) is 0 Å². The number of hydrogen-bond acceptors (Lipinski definition) is 6. The van der Waals surface area contributed by atoms with Crippen LogP contribution in [-0.4, -0.2) is 52.8 Å². The maximum absolute atomic E-state index is 12.8. The van der Waals surface area contributed by atoms with E-state index in [0.717, 1.165) is 12.8 Å². The predicted molar refractivity (Wildman–Crippen MR) is 98.4 cm³/mol. The quantitative estimate of drug-likeness (QED) is 0.712. The molecule has 2 N–H and O–H groups in total. The minimum absolute atomic E-state index is 0.00355. The molecule has 0 aromatic heterocycles. The molecule has 3 rings (SSSR count). The molecule has 27 heavy (non-hydrogen) atoms. The molecular formula is C18H26N2O6S. The van der Waals surface area contributed by atoms with Gasteiger partial charge in [-0.3, -0.25) is 4.79 Å². The van der Waals surface area contributed by atoms with Crippen LogP contribution in [0.15, 0.2) is 23.1 Å². The van der Waals surface area contributed by atoms with Gasteiger partial charge in [0.15, 0.2) is 11.5 Å². The van der Waals surface area contributed by atoms with Crippen molar-refractivity contribution in [1.82, 2.24) is 10.0 Å². The lowest BCUT2D eigenvalue weighted by atomic mass is 10.0. The Morgan fingerprint density at radius 2 is 1.93 bits per heavy atom. The van der Waals surface area contributed by atoms with E-state index < -0.39 is 16.1 Å². The molecule has 1 aromatic rings. The van der Waals surface area contributed by atoms with E-state index in [1.54, 1.807) is 19.9 Å². The molecule has 150 valence electrons. The van der Waals surface area contributed by atoms with Gasteiger partial charge in [0, 0.05) is 19.2 Å². The summed E-state index contributed by atoms with van der Waals surface area (Å²) >= 11 is 0. The van der Waals surface area contributed by atoms with Crippen LogP contribution >= 0.6 is 0 Å². The second-order valence-electron chi connectivity index (χ2n) is 7.03. The highest BCUT2D eigenvalue weighted by Gasteiger charge is 2.30. The lowest BCUT2D eigenvalue weighted by molar-refractivity contribution is -0.124. The van der Waals surface area contributed by atoms with Crippen LogP contribution in [0.1, 0.15) is 26.7 Å². The van der Waals surface area contributed by atoms with Crippen LogP contribution in [0.4, 0.5) is 0 Å². The molecule has 0 bridgehead atoms. The number of amides is 1. The lowest BCUT2D eigenvalue weighted by Crippen LogP contribution is -2.50. The highest BCUT2D eigenvalue weighted by molar-refractivity contribution is 7.89. The Labute approximate surface area is 159 Å². The van der Waals surface area contributed by atoms with Crippen molar-refractivity contribution < 1.29 is 27.4 Å². The summed E-state index contributed by atoms with van der Waals surface area (Å²) in [6.45, 7) is 5.46. The Bertz CT molecular complexity index is 774. The van der Waals surface area contributed by atoms with E-state index in [-0.39, 0.29) is 22.8 Å². The number of hydrogen-bond donors (Lipinski definition) is 2. The number of sulfonamides is 1. The molecule has 1 aromatic carbocycles. The van der Waals surface area contributed by atoms with Gasteiger partial charge in [0.2, 0.25) is 15.9 Å². The first-order chi connectivity index (χ1) is 12.9. The molecule has 0 aliphatic carbocycles. The molecule has 0 spiro atoms. The summed E-state index contributed by atoms with van der Waals surface area (Å²) in [6, 6.07) is 3.53. The fourth-order valence-electron chi connectivity index (χ4n) is 3.05. The third-order valence-corrected chi connectivity index (χ3v) is 6.02. The summed E-state index contributed by atoms with van der Waals surface area (Å²) in [5.41, 5.74) is 0. The van der Waals surface area contributed by atoms with E-state index in [1.165, 1.54) is 12.1 Å². The first kappa shape index (κ1) is 19.9. The number of carbonyl (C=O) groups is 1. The van der Waals surface area contributed by atoms with E-state index in [0.29, 0.717) is 37.9 Å². The zero-order valence-electron chi connectivity index (χ0n) is 15.6. The second kappa shape index (κ2) is 8.45. The molecule has 1 amide bonds. The average molecular weight is 398 g/mol. The number of benzene rings is 1. The van der Waals surface area contributed by atoms with Crippen molar-refractivity contribution in [2.45, 2.75) is 43.7 Å². The van der Waals surface area contributed by atoms with Crippen LogP contribution in [-0.2, 0) is 19.6 Å². The molecule has 2 atom stereocenters. The standard InChI is InChI=1S/C18H26N2O6S/c1-12(2)17(18(21)19-11-13-4-3-7-24-13)20-27(22,23)14-5-6-15-16(10-14)26-9-8-25-15/h5-6,10,12-13,17,20H,3-4,7-9,11H2,1-2H3,(H,19,21)/t13-,17-/m0/s1. The van der Waals surface area contributed by atoms with Crippen molar-refractivity contribution in [1.29, 1.82) is 0 Å². The Balaban J connectivity index is 1.69. The predicted octanol–water partition coefficient (Wildman–Crippen LogP) is 1.06. The molecule has 2 aliphatic heterocycles. The monoisotopic (exact) mass is 398 g/mol. The summed E-state index contributed by atoms with van der Waals surface area (Å²) in [6.07, 6.45) is 1.87. The van der Waals surface area contributed by atoms with Crippen molar-refractivity contribution in [2.24, 2.45) is 5.92 Å². The Morgan fingerprint density at radius 1 is 1.19 bits per heavy atom. The zero-order valence-corrected chi connectivity index (χ0v) is 16.4. The molecule has 8 nitrogen and oxygen atoms in total. The van der Waals surface area contributed by atoms with E-state index >= 15 is 0 Å². The van der Waals surface area contributed by atoms with Crippen molar-refractivity contribution >= 4 is 15.9 Å². The summed E-state index contributed by atoms with van der Waals surface area (Å²) in [4.78, 5) is 12.6. The molecule has 1 saturated heterocycles. The van der Waals surface area contributed by atoms with Crippen LogP contribution in [0.3, 0.4) is 0 Å². The fourth-order valence-corrected chi connectivity index (χ4v) is 4.41. The first-order valence-electron chi connectivity index (χ1n) is 9.18. The SMILES string of the molecule is CC(C)[C@H](NS(=O)(=O)c1ccc2c(c1)OCCO2)C(=O)NC[C@@H]1CCCO1. The van der Waals surface area contributed by atoms with Gasteiger partial charge in [-0.25, -0.2) is 8.42 Å². The van der Waals surface area contributed by atoms with Gasteiger partial charge in [-0.15, -0.1) is 0 Å². The topological polar surface area (TPSA) is 103 Å². The van der Waals surface area contributed by atoms with Gasteiger partial charge in [-0.1, -0.05) is 13.8 Å². The summed E-state index contributed by atoms with van der Waals surface area (Å²) < 4.78 is 44.4. The van der Waals surface area contributed by atoms with Crippen molar-refractivity contribution in [3.8, 4) is 11.5 Å². The molecule has 0 saturated carbocycles. The van der Waals surface area contributed by atoms with Gasteiger partial charge in [0.05, 0.1) is 11.0 Å². The minimum atomic E-state index is -3.90. The van der Waals surface area contributed by atoms with Crippen LogP contribution in [0.25, 0.3) is 0 Å². The molecule has 0 unspecified atom stereocenters. The third kappa shape index (κ3) is 4.91. The molecule has 0 radical (unpaired) electrons. The number of ether oxygens (including phenoxy) is 3. The summed E-state index contributed by atoms with van der Waals surface area (Å²) in [5, 5.41) is 2.79. The van der Waals surface area contributed by atoms with E-state index in [2.05, 4.69) is 10.0 Å². The Hall–Kier alpha value is -1.84. The number of fused-ring (bicyclic) bond motifs is 1.